The van der Waals surface area contributed by atoms with E-state index in [-0.39, 0.29) is 18.6 Å². The van der Waals surface area contributed by atoms with Crippen LogP contribution >= 0.6 is 0 Å². The van der Waals surface area contributed by atoms with Gasteiger partial charge in [0.2, 0.25) is 0 Å². The molecule has 1 atom stereocenters. The molecule has 1 saturated heterocycles. The number of amides is 1. The Hall–Kier alpha value is -1.62. The lowest BCUT2D eigenvalue weighted by Crippen LogP contribution is -2.44. The highest BCUT2D eigenvalue weighted by Gasteiger charge is 2.27. The van der Waals surface area contributed by atoms with Crippen LogP contribution in [0.5, 0.6) is 0 Å². The number of nitrogens with zero attached hydrogens (tertiary/aromatic N) is 2. The Balaban J connectivity index is 1.67. The summed E-state index contributed by atoms with van der Waals surface area (Å²) in [4.78, 5) is 18.9. The molecule has 0 radical (unpaired) electrons. The molecular weight excluding hydrogens is 266 g/mol. The maximum absolute atomic E-state index is 12.6. The third-order valence-electron chi connectivity index (χ3n) is 4.29. The fraction of sp³-hybridized carbons (Fsp3) is 0.625. The van der Waals surface area contributed by atoms with Crippen molar-refractivity contribution in [3.8, 4) is 0 Å². The van der Waals surface area contributed by atoms with Gasteiger partial charge in [0.1, 0.15) is 5.82 Å². The van der Waals surface area contributed by atoms with Gasteiger partial charge >= 0.3 is 0 Å². The van der Waals surface area contributed by atoms with E-state index in [0.29, 0.717) is 18.0 Å². The van der Waals surface area contributed by atoms with Crippen molar-refractivity contribution < 1.29 is 9.90 Å². The lowest BCUT2D eigenvalue weighted by atomic mass is 9.98. The van der Waals surface area contributed by atoms with Crippen molar-refractivity contribution >= 4 is 11.7 Å². The lowest BCUT2D eigenvalue weighted by molar-refractivity contribution is 0.0574. The average Bonchev–Trinajstić information content (AvgIpc) is 3.32. The van der Waals surface area contributed by atoms with Crippen LogP contribution in [0, 0.1) is 0 Å². The van der Waals surface area contributed by atoms with Crippen LogP contribution in [0.15, 0.2) is 18.3 Å². The van der Waals surface area contributed by atoms with E-state index in [1.807, 2.05) is 17.0 Å². The topological polar surface area (TPSA) is 65.5 Å². The van der Waals surface area contributed by atoms with Crippen LogP contribution in [0.1, 0.15) is 48.9 Å². The zero-order valence-electron chi connectivity index (χ0n) is 12.3. The lowest BCUT2D eigenvalue weighted by Gasteiger charge is -2.35. The first-order chi connectivity index (χ1) is 10.3. The average molecular weight is 289 g/mol. The summed E-state index contributed by atoms with van der Waals surface area (Å²) in [6.45, 7) is 0.919. The minimum atomic E-state index is 0.0404. The van der Waals surface area contributed by atoms with E-state index in [1.165, 1.54) is 12.8 Å². The zero-order valence-corrected chi connectivity index (χ0v) is 12.3. The van der Waals surface area contributed by atoms with Gasteiger partial charge in [0.05, 0.1) is 5.56 Å². The molecule has 0 aromatic carbocycles. The Morgan fingerprint density at radius 3 is 2.86 bits per heavy atom. The van der Waals surface area contributed by atoms with Crippen molar-refractivity contribution in [1.82, 2.24) is 9.88 Å². The molecule has 5 heteroatoms. The molecule has 1 aliphatic heterocycles. The number of rotatable bonds is 5. The van der Waals surface area contributed by atoms with Gasteiger partial charge in [-0.1, -0.05) is 0 Å². The molecule has 2 N–H and O–H groups in total. The number of pyridine rings is 1. The number of aliphatic hydroxyl groups excluding tert-OH is 1. The molecule has 1 saturated carbocycles. The summed E-state index contributed by atoms with van der Waals surface area (Å²) in [5, 5.41) is 12.5. The second-order valence-electron chi connectivity index (χ2n) is 6.01. The van der Waals surface area contributed by atoms with Crippen LogP contribution in [-0.4, -0.2) is 46.1 Å². The van der Waals surface area contributed by atoms with Crippen LogP contribution in [0.2, 0.25) is 0 Å². The third kappa shape index (κ3) is 3.53. The molecule has 2 fully saturated rings. The monoisotopic (exact) mass is 289 g/mol. The Morgan fingerprint density at radius 1 is 1.33 bits per heavy atom. The van der Waals surface area contributed by atoms with Gasteiger partial charge < -0.3 is 15.3 Å². The van der Waals surface area contributed by atoms with E-state index < -0.39 is 0 Å². The van der Waals surface area contributed by atoms with E-state index >= 15 is 0 Å². The number of hydrogen-bond acceptors (Lipinski definition) is 4. The highest BCUT2D eigenvalue weighted by Crippen LogP contribution is 2.24. The van der Waals surface area contributed by atoms with Crippen molar-refractivity contribution in [3.63, 3.8) is 0 Å². The van der Waals surface area contributed by atoms with Crippen LogP contribution in [0.3, 0.4) is 0 Å². The first-order valence-electron chi connectivity index (χ1n) is 7.92. The largest absolute Gasteiger partial charge is 0.396 e. The summed E-state index contributed by atoms with van der Waals surface area (Å²) >= 11 is 0. The van der Waals surface area contributed by atoms with Gasteiger partial charge in [-0.2, -0.15) is 0 Å². The van der Waals surface area contributed by atoms with Gasteiger partial charge in [0.15, 0.2) is 0 Å². The van der Waals surface area contributed by atoms with E-state index in [2.05, 4.69) is 10.3 Å². The predicted molar refractivity (Wildman–Crippen MR) is 81.3 cm³/mol. The van der Waals surface area contributed by atoms with Gasteiger partial charge in [-0.15, -0.1) is 0 Å². The van der Waals surface area contributed by atoms with Gasteiger partial charge in [-0.3, -0.25) is 4.79 Å². The summed E-state index contributed by atoms with van der Waals surface area (Å²) in [6.07, 6.45) is 7.91. The molecule has 2 heterocycles. The SMILES string of the molecule is O=C(c1ccc(NC2CC2)nc1)N1CCCCC1CCO. The first-order valence-corrected chi connectivity index (χ1v) is 7.92. The highest BCUT2D eigenvalue weighted by molar-refractivity contribution is 5.94. The Bertz CT molecular complexity index is 483. The van der Waals surface area contributed by atoms with Crippen molar-refractivity contribution in [2.45, 2.75) is 50.6 Å². The number of anilines is 1. The predicted octanol–water partition coefficient (Wildman–Crippen LogP) is 2.03. The molecule has 0 bridgehead atoms. The maximum atomic E-state index is 12.6. The molecule has 1 aliphatic carbocycles. The number of piperidine rings is 1. The van der Waals surface area contributed by atoms with Crippen molar-refractivity contribution in [2.75, 3.05) is 18.5 Å². The summed E-state index contributed by atoms with van der Waals surface area (Å²) in [5.74, 6) is 0.887. The van der Waals surface area contributed by atoms with E-state index in [4.69, 9.17) is 5.11 Å². The molecular formula is C16H23N3O2. The molecule has 5 nitrogen and oxygen atoms in total. The number of likely N-dealkylation sites (tertiary alicyclic amines) is 1. The number of aliphatic hydroxyl groups is 1. The van der Waals surface area contributed by atoms with Crippen LogP contribution in [-0.2, 0) is 0 Å². The summed E-state index contributed by atoms with van der Waals surface area (Å²) in [6, 6.07) is 4.47. The fourth-order valence-electron chi connectivity index (χ4n) is 2.93. The third-order valence-corrected chi connectivity index (χ3v) is 4.29. The molecule has 0 spiro atoms. The Kier molecular flexibility index (Phi) is 4.39. The Morgan fingerprint density at radius 2 is 2.19 bits per heavy atom. The molecule has 1 aromatic heterocycles. The maximum Gasteiger partial charge on any atom is 0.255 e. The van der Waals surface area contributed by atoms with E-state index in [0.717, 1.165) is 31.6 Å². The van der Waals surface area contributed by atoms with Crippen molar-refractivity contribution in [1.29, 1.82) is 0 Å². The number of aromatic nitrogens is 1. The van der Waals surface area contributed by atoms with Gasteiger partial charge in [0, 0.05) is 31.4 Å². The Labute approximate surface area is 125 Å². The summed E-state index contributed by atoms with van der Waals surface area (Å²) in [5.41, 5.74) is 0.640. The van der Waals surface area contributed by atoms with Crippen LogP contribution < -0.4 is 5.32 Å². The molecule has 21 heavy (non-hydrogen) atoms. The number of carbonyl (C=O) groups excluding carboxylic acids is 1. The minimum absolute atomic E-state index is 0.0404. The normalized spacial score (nSPS) is 22.1. The highest BCUT2D eigenvalue weighted by atomic mass is 16.3. The fourth-order valence-corrected chi connectivity index (χ4v) is 2.93. The molecule has 1 unspecified atom stereocenters. The van der Waals surface area contributed by atoms with Crippen molar-refractivity contribution in [3.05, 3.63) is 23.9 Å². The quantitative estimate of drug-likeness (QED) is 0.870. The number of carbonyl (C=O) groups is 1. The second kappa shape index (κ2) is 6.43. The van der Waals surface area contributed by atoms with Crippen LogP contribution in [0.25, 0.3) is 0 Å². The van der Waals surface area contributed by atoms with E-state index in [1.54, 1.807) is 6.20 Å². The first kappa shape index (κ1) is 14.3. The van der Waals surface area contributed by atoms with Gasteiger partial charge in [-0.05, 0) is 50.7 Å². The molecule has 1 amide bonds. The molecule has 3 rings (SSSR count). The number of hydrogen-bond donors (Lipinski definition) is 2. The van der Waals surface area contributed by atoms with Gasteiger partial charge in [-0.25, -0.2) is 4.98 Å². The summed E-state index contributed by atoms with van der Waals surface area (Å²) in [7, 11) is 0. The molecule has 1 aromatic rings. The second-order valence-corrected chi connectivity index (χ2v) is 6.01. The molecule has 114 valence electrons. The smallest absolute Gasteiger partial charge is 0.255 e. The summed E-state index contributed by atoms with van der Waals surface area (Å²) < 4.78 is 0. The van der Waals surface area contributed by atoms with Gasteiger partial charge in [0.25, 0.3) is 5.91 Å². The zero-order chi connectivity index (χ0) is 14.7. The number of nitrogens with one attached hydrogen (secondary N) is 1. The minimum Gasteiger partial charge on any atom is -0.396 e. The van der Waals surface area contributed by atoms with Crippen LogP contribution in [0.4, 0.5) is 5.82 Å². The van der Waals surface area contributed by atoms with E-state index in [9.17, 15) is 4.79 Å². The standard InChI is InChI=1S/C16H23N3O2/c20-10-8-14-3-1-2-9-19(14)16(21)12-4-7-15(17-11-12)18-13-5-6-13/h4,7,11,13-14,20H,1-3,5-6,8-10H2,(H,17,18). The molecule has 2 aliphatic rings. The van der Waals surface area contributed by atoms with Crippen molar-refractivity contribution in [2.24, 2.45) is 0 Å².